The maximum absolute atomic E-state index is 4.46. The Hall–Kier alpha value is -1.69. The van der Waals surface area contributed by atoms with Gasteiger partial charge in [0.05, 0.1) is 18.3 Å². The molecule has 0 amide bonds. The number of aryl methyl sites for hydroxylation is 2. The fourth-order valence-electron chi connectivity index (χ4n) is 2.03. The lowest BCUT2D eigenvalue weighted by Gasteiger charge is -2.04. The van der Waals surface area contributed by atoms with E-state index in [1.54, 1.807) is 10.9 Å². The first-order chi connectivity index (χ1) is 8.63. The summed E-state index contributed by atoms with van der Waals surface area (Å²) in [4.78, 5) is 8.77. The lowest BCUT2D eigenvalue weighted by Crippen LogP contribution is -2.01. The van der Waals surface area contributed by atoms with Gasteiger partial charge in [-0.3, -0.25) is 4.68 Å². The molecule has 0 saturated heterocycles. The molecule has 92 valence electrons. The SMILES string of the molecule is Cc1nc2ncc(Br)cc2n1Cc1cnn(C)c1. The second-order valence-corrected chi connectivity index (χ2v) is 5.18. The third-order valence-electron chi connectivity index (χ3n) is 2.86. The van der Waals surface area contributed by atoms with Crippen molar-refractivity contribution in [3.63, 3.8) is 0 Å². The number of hydrogen-bond donors (Lipinski definition) is 0. The van der Waals surface area contributed by atoms with E-state index in [-0.39, 0.29) is 0 Å². The molecule has 0 aromatic carbocycles. The molecule has 0 unspecified atom stereocenters. The van der Waals surface area contributed by atoms with Crippen molar-refractivity contribution in [2.45, 2.75) is 13.5 Å². The van der Waals surface area contributed by atoms with Gasteiger partial charge in [-0.25, -0.2) is 9.97 Å². The topological polar surface area (TPSA) is 48.5 Å². The van der Waals surface area contributed by atoms with Gasteiger partial charge in [0.15, 0.2) is 5.65 Å². The first-order valence-electron chi connectivity index (χ1n) is 5.59. The number of hydrogen-bond acceptors (Lipinski definition) is 3. The van der Waals surface area contributed by atoms with Gasteiger partial charge in [-0.15, -0.1) is 0 Å². The van der Waals surface area contributed by atoms with Crippen molar-refractivity contribution >= 4 is 27.1 Å². The molecule has 0 N–H and O–H groups in total. The monoisotopic (exact) mass is 305 g/mol. The molecule has 0 atom stereocenters. The van der Waals surface area contributed by atoms with Crippen LogP contribution in [0.4, 0.5) is 0 Å². The molecule has 0 bridgehead atoms. The summed E-state index contributed by atoms with van der Waals surface area (Å²) in [7, 11) is 1.92. The summed E-state index contributed by atoms with van der Waals surface area (Å²) in [6.45, 7) is 2.75. The molecule has 0 fully saturated rings. The van der Waals surface area contributed by atoms with E-state index in [0.717, 1.165) is 33.6 Å². The van der Waals surface area contributed by atoms with E-state index < -0.39 is 0 Å². The molecule has 0 aliphatic heterocycles. The number of pyridine rings is 1. The van der Waals surface area contributed by atoms with Crippen LogP contribution in [0, 0.1) is 6.92 Å². The highest BCUT2D eigenvalue weighted by Crippen LogP contribution is 2.19. The molecule has 3 heterocycles. The van der Waals surface area contributed by atoms with Crippen molar-refractivity contribution < 1.29 is 0 Å². The van der Waals surface area contributed by atoms with E-state index >= 15 is 0 Å². The minimum absolute atomic E-state index is 0.758. The van der Waals surface area contributed by atoms with Crippen molar-refractivity contribution in [3.8, 4) is 0 Å². The molecule has 6 heteroatoms. The standard InChI is InChI=1S/C12H12BrN5/c1-8-16-12-11(3-10(13)5-14-12)18(8)7-9-4-15-17(2)6-9/h3-6H,7H2,1-2H3. The van der Waals surface area contributed by atoms with Crippen molar-refractivity contribution in [2.75, 3.05) is 0 Å². The lowest BCUT2D eigenvalue weighted by atomic mass is 10.3. The van der Waals surface area contributed by atoms with Crippen molar-refractivity contribution in [2.24, 2.45) is 7.05 Å². The Bertz CT molecular complexity index is 712. The largest absolute Gasteiger partial charge is 0.322 e. The number of imidazole rings is 1. The Morgan fingerprint density at radius 3 is 2.89 bits per heavy atom. The Morgan fingerprint density at radius 1 is 1.33 bits per heavy atom. The smallest absolute Gasteiger partial charge is 0.177 e. The van der Waals surface area contributed by atoms with Crippen LogP contribution in [-0.2, 0) is 13.6 Å². The molecular formula is C12H12BrN5. The number of fused-ring (bicyclic) bond motifs is 1. The summed E-state index contributed by atoms with van der Waals surface area (Å²) in [6, 6.07) is 2.04. The van der Waals surface area contributed by atoms with Crippen LogP contribution < -0.4 is 0 Å². The highest BCUT2D eigenvalue weighted by atomic mass is 79.9. The molecule has 0 saturated carbocycles. The minimum atomic E-state index is 0.758. The Balaban J connectivity index is 2.10. The zero-order chi connectivity index (χ0) is 12.7. The first-order valence-corrected chi connectivity index (χ1v) is 6.38. The van der Waals surface area contributed by atoms with E-state index in [1.807, 2.05) is 32.4 Å². The second kappa shape index (κ2) is 4.20. The number of aromatic nitrogens is 5. The van der Waals surface area contributed by atoms with Crippen LogP contribution in [0.2, 0.25) is 0 Å². The third-order valence-corrected chi connectivity index (χ3v) is 3.30. The molecule has 0 radical (unpaired) electrons. The van der Waals surface area contributed by atoms with Crippen LogP contribution >= 0.6 is 15.9 Å². The predicted molar refractivity (Wildman–Crippen MR) is 72.3 cm³/mol. The van der Waals surface area contributed by atoms with Gasteiger partial charge < -0.3 is 4.57 Å². The van der Waals surface area contributed by atoms with Gasteiger partial charge in [0, 0.05) is 29.5 Å². The van der Waals surface area contributed by atoms with Crippen LogP contribution in [0.1, 0.15) is 11.4 Å². The average molecular weight is 306 g/mol. The van der Waals surface area contributed by atoms with E-state index in [4.69, 9.17) is 0 Å². The van der Waals surface area contributed by atoms with Crippen LogP contribution in [0.15, 0.2) is 29.1 Å². The average Bonchev–Trinajstić information content (AvgIpc) is 2.86. The highest BCUT2D eigenvalue weighted by molar-refractivity contribution is 9.10. The van der Waals surface area contributed by atoms with E-state index in [2.05, 4.69) is 35.6 Å². The van der Waals surface area contributed by atoms with Gasteiger partial charge in [0.2, 0.25) is 0 Å². The quantitative estimate of drug-likeness (QED) is 0.730. The van der Waals surface area contributed by atoms with E-state index in [9.17, 15) is 0 Å². The fourth-order valence-corrected chi connectivity index (χ4v) is 2.35. The summed E-state index contributed by atoms with van der Waals surface area (Å²) < 4.78 is 4.91. The molecule has 18 heavy (non-hydrogen) atoms. The van der Waals surface area contributed by atoms with E-state index in [0.29, 0.717) is 0 Å². The Kier molecular flexibility index (Phi) is 2.66. The van der Waals surface area contributed by atoms with Crippen molar-refractivity contribution in [1.29, 1.82) is 0 Å². The zero-order valence-electron chi connectivity index (χ0n) is 10.1. The van der Waals surface area contributed by atoms with Gasteiger partial charge in [-0.2, -0.15) is 5.10 Å². The Morgan fingerprint density at radius 2 is 2.17 bits per heavy atom. The number of nitrogens with zero attached hydrogens (tertiary/aromatic N) is 5. The molecule has 0 aliphatic carbocycles. The minimum Gasteiger partial charge on any atom is -0.322 e. The maximum Gasteiger partial charge on any atom is 0.177 e. The van der Waals surface area contributed by atoms with Crippen LogP contribution in [0.3, 0.4) is 0 Å². The molecular weight excluding hydrogens is 294 g/mol. The molecule has 3 aromatic rings. The van der Waals surface area contributed by atoms with Crippen LogP contribution in [-0.4, -0.2) is 24.3 Å². The summed E-state index contributed by atoms with van der Waals surface area (Å²) >= 11 is 3.45. The molecule has 0 spiro atoms. The molecule has 0 aliphatic rings. The van der Waals surface area contributed by atoms with Crippen molar-refractivity contribution in [3.05, 3.63) is 40.5 Å². The summed E-state index contributed by atoms with van der Waals surface area (Å²) in [5.74, 6) is 0.958. The van der Waals surface area contributed by atoms with Crippen molar-refractivity contribution in [1.82, 2.24) is 24.3 Å². The molecule has 3 aromatic heterocycles. The second-order valence-electron chi connectivity index (χ2n) is 4.26. The van der Waals surface area contributed by atoms with Gasteiger partial charge in [0.25, 0.3) is 0 Å². The number of rotatable bonds is 2. The highest BCUT2D eigenvalue weighted by Gasteiger charge is 2.10. The predicted octanol–water partition coefficient (Wildman–Crippen LogP) is 2.28. The van der Waals surface area contributed by atoms with Crippen LogP contribution in [0.25, 0.3) is 11.2 Å². The number of halogens is 1. The molecule has 3 rings (SSSR count). The Labute approximate surface area is 113 Å². The fraction of sp³-hybridized carbons (Fsp3) is 0.250. The van der Waals surface area contributed by atoms with Crippen LogP contribution in [0.5, 0.6) is 0 Å². The van der Waals surface area contributed by atoms with Gasteiger partial charge in [-0.1, -0.05) is 0 Å². The zero-order valence-corrected chi connectivity index (χ0v) is 11.7. The first kappa shape index (κ1) is 11.4. The van der Waals surface area contributed by atoms with Gasteiger partial charge >= 0.3 is 0 Å². The molecule has 5 nitrogen and oxygen atoms in total. The lowest BCUT2D eigenvalue weighted by molar-refractivity contribution is 0.760. The summed E-state index contributed by atoms with van der Waals surface area (Å²) in [6.07, 6.45) is 5.65. The summed E-state index contributed by atoms with van der Waals surface area (Å²) in [5, 5.41) is 4.18. The van der Waals surface area contributed by atoms with E-state index in [1.165, 1.54) is 0 Å². The van der Waals surface area contributed by atoms with Gasteiger partial charge in [-0.05, 0) is 28.9 Å². The summed E-state index contributed by atoms with van der Waals surface area (Å²) in [5.41, 5.74) is 2.96. The maximum atomic E-state index is 4.46. The van der Waals surface area contributed by atoms with Gasteiger partial charge in [0.1, 0.15) is 5.82 Å². The third kappa shape index (κ3) is 1.92. The normalized spacial score (nSPS) is 11.3.